The van der Waals surface area contributed by atoms with E-state index in [2.05, 4.69) is 10.4 Å². The number of aryl methyl sites for hydroxylation is 2. The van der Waals surface area contributed by atoms with E-state index in [4.69, 9.17) is 4.74 Å². The van der Waals surface area contributed by atoms with Crippen molar-refractivity contribution in [1.29, 1.82) is 0 Å². The van der Waals surface area contributed by atoms with E-state index in [1.807, 2.05) is 30.8 Å². The van der Waals surface area contributed by atoms with E-state index >= 15 is 0 Å². The van der Waals surface area contributed by atoms with Crippen molar-refractivity contribution in [3.63, 3.8) is 0 Å². The standard InChI is InChI=1S/C13H17N3O2/c1-9-6-13(15-16(9)2)14-8-10-4-5-11(17)12(7-10)18-3/h4-7,17H,8H2,1-3H3,(H,14,15). The molecule has 1 aromatic heterocycles. The third-order valence-corrected chi connectivity index (χ3v) is 2.83. The van der Waals surface area contributed by atoms with E-state index in [9.17, 15) is 5.11 Å². The van der Waals surface area contributed by atoms with Crippen molar-refractivity contribution in [3.05, 3.63) is 35.5 Å². The average Bonchev–Trinajstić information content (AvgIpc) is 2.68. The zero-order valence-electron chi connectivity index (χ0n) is 10.8. The highest BCUT2D eigenvalue weighted by Crippen LogP contribution is 2.26. The van der Waals surface area contributed by atoms with Crippen LogP contribution < -0.4 is 10.1 Å². The zero-order valence-corrected chi connectivity index (χ0v) is 10.8. The molecule has 1 aromatic carbocycles. The second kappa shape index (κ2) is 5.00. The Morgan fingerprint density at radius 3 is 2.78 bits per heavy atom. The number of aromatic nitrogens is 2. The van der Waals surface area contributed by atoms with Crippen LogP contribution in [0.15, 0.2) is 24.3 Å². The molecular formula is C13H17N3O2. The lowest BCUT2D eigenvalue weighted by molar-refractivity contribution is 0.373. The molecule has 2 rings (SSSR count). The largest absolute Gasteiger partial charge is 0.504 e. The molecule has 1 heterocycles. The zero-order chi connectivity index (χ0) is 13.1. The van der Waals surface area contributed by atoms with Gasteiger partial charge in [0.2, 0.25) is 0 Å². The molecule has 18 heavy (non-hydrogen) atoms. The van der Waals surface area contributed by atoms with Crippen LogP contribution in [-0.4, -0.2) is 22.0 Å². The molecule has 96 valence electrons. The van der Waals surface area contributed by atoms with E-state index in [1.165, 1.54) is 7.11 Å². The number of phenolic OH excluding ortho intramolecular Hbond substituents is 1. The number of aromatic hydroxyl groups is 1. The van der Waals surface area contributed by atoms with E-state index in [-0.39, 0.29) is 5.75 Å². The molecule has 5 heteroatoms. The van der Waals surface area contributed by atoms with Crippen LogP contribution in [0.4, 0.5) is 5.82 Å². The molecule has 0 atom stereocenters. The molecule has 5 nitrogen and oxygen atoms in total. The van der Waals surface area contributed by atoms with Crippen LogP contribution in [0.1, 0.15) is 11.3 Å². The fraction of sp³-hybridized carbons (Fsp3) is 0.308. The number of benzene rings is 1. The number of hydrogen-bond donors (Lipinski definition) is 2. The summed E-state index contributed by atoms with van der Waals surface area (Å²) in [5, 5.41) is 17.0. The number of hydrogen-bond acceptors (Lipinski definition) is 4. The van der Waals surface area contributed by atoms with Gasteiger partial charge in [-0.1, -0.05) is 6.07 Å². The molecule has 2 N–H and O–H groups in total. The molecule has 0 unspecified atom stereocenters. The summed E-state index contributed by atoms with van der Waals surface area (Å²) in [7, 11) is 3.44. The van der Waals surface area contributed by atoms with Crippen LogP contribution in [0.2, 0.25) is 0 Å². The van der Waals surface area contributed by atoms with Crippen molar-refractivity contribution in [2.45, 2.75) is 13.5 Å². The predicted octanol–water partition coefficient (Wildman–Crippen LogP) is 2.05. The summed E-state index contributed by atoms with van der Waals surface area (Å²) in [6, 6.07) is 7.26. The highest BCUT2D eigenvalue weighted by atomic mass is 16.5. The number of phenols is 1. The number of ether oxygens (including phenoxy) is 1. The van der Waals surface area contributed by atoms with Crippen molar-refractivity contribution in [3.8, 4) is 11.5 Å². The van der Waals surface area contributed by atoms with Crippen molar-refractivity contribution < 1.29 is 9.84 Å². The smallest absolute Gasteiger partial charge is 0.160 e. The Kier molecular flexibility index (Phi) is 3.41. The molecule has 0 saturated heterocycles. The number of nitrogens with one attached hydrogen (secondary N) is 1. The van der Waals surface area contributed by atoms with Crippen molar-refractivity contribution in [2.24, 2.45) is 7.05 Å². The van der Waals surface area contributed by atoms with Crippen molar-refractivity contribution in [2.75, 3.05) is 12.4 Å². The minimum Gasteiger partial charge on any atom is -0.504 e. The fourth-order valence-corrected chi connectivity index (χ4v) is 1.67. The highest BCUT2D eigenvalue weighted by Gasteiger charge is 2.04. The van der Waals surface area contributed by atoms with Crippen LogP contribution in [-0.2, 0) is 13.6 Å². The van der Waals surface area contributed by atoms with Crippen LogP contribution >= 0.6 is 0 Å². The molecule has 0 bridgehead atoms. The molecule has 0 spiro atoms. The van der Waals surface area contributed by atoms with Gasteiger partial charge in [-0.3, -0.25) is 4.68 Å². The highest BCUT2D eigenvalue weighted by molar-refractivity contribution is 5.43. The molecule has 0 aliphatic carbocycles. The Morgan fingerprint density at radius 1 is 1.39 bits per heavy atom. The maximum Gasteiger partial charge on any atom is 0.160 e. The molecule has 0 aliphatic rings. The van der Waals surface area contributed by atoms with Gasteiger partial charge >= 0.3 is 0 Å². The summed E-state index contributed by atoms with van der Waals surface area (Å²) in [4.78, 5) is 0. The Labute approximate surface area is 106 Å². The van der Waals surface area contributed by atoms with Crippen LogP contribution in [0.5, 0.6) is 11.5 Å². The summed E-state index contributed by atoms with van der Waals surface area (Å²) in [6.07, 6.45) is 0. The lowest BCUT2D eigenvalue weighted by Crippen LogP contribution is -2.01. The maximum absolute atomic E-state index is 9.50. The second-order valence-electron chi connectivity index (χ2n) is 4.15. The molecule has 0 amide bonds. The number of methoxy groups -OCH3 is 1. The first-order valence-electron chi connectivity index (χ1n) is 5.70. The van der Waals surface area contributed by atoms with Gasteiger partial charge in [0.25, 0.3) is 0 Å². The summed E-state index contributed by atoms with van der Waals surface area (Å²) < 4.78 is 6.88. The summed E-state index contributed by atoms with van der Waals surface area (Å²) in [6.45, 7) is 2.63. The Hall–Kier alpha value is -2.17. The maximum atomic E-state index is 9.50. The van der Waals surface area contributed by atoms with Gasteiger partial charge in [0, 0.05) is 25.4 Å². The van der Waals surface area contributed by atoms with E-state index < -0.39 is 0 Å². The van der Waals surface area contributed by atoms with Gasteiger partial charge in [0.1, 0.15) is 5.82 Å². The second-order valence-corrected chi connectivity index (χ2v) is 4.15. The van der Waals surface area contributed by atoms with E-state index in [1.54, 1.807) is 12.1 Å². The quantitative estimate of drug-likeness (QED) is 0.868. The van der Waals surface area contributed by atoms with Crippen LogP contribution in [0, 0.1) is 6.92 Å². The van der Waals surface area contributed by atoms with Gasteiger partial charge in [-0.15, -0.1) is 0 Å². The topological polar surface area (TPSA) is 59.3 Å². The first-order chi connectivity index (χ1) is 8.60. The number of nitrogens with zero attached hydrogens (tertiary/aromatic N) is 2. The summed E-state index contributed by atoms with van der Waals surface area (Å²) in [5.74, 6) is 1.46. The third-order valence-electron chi connectivity index (χ3n) is 2.83. The minimum atomic E-state index is 0.148. The molecular weight excluding hydrogens is 230 g/mol. The normalized spacial score (nSPS) is 10.4. The predicted molar refractivity (Wildman–Crippen MR) is 69.9 cm³/mol. The van der Waals surface area contributed by atoms with Gasteiger partial charge < -0.3 is 15.2 Å². The SMILES string of the molecule is COc1cc(CNc2cc(C)n(C)n2)ccc1O. The monoisotopic (exact) mass is 247 g/mol. The van der Waals surface area contributed by atoms with Crippen LogP contribution in [0.25, 0.3) is 0 Å². The average molecular weight is 247 g/mol. The Bertz CT molecular complexity index is 530. The Balaban J connectivity index is 2.06. The minimum absolute atomic E-state index is 0.148. The van der Waals surface area contributed by atoms with Gasteiger partial charge in [-0.05, 0) is 24.6 Å². The Morgan fingerprint density at radius 2 is 2.17 bits per heavy atom. The van der Waals surface area contributed by atoms with Crippen molar-refractivity contribution in [1.82, 2.24) is 9.78 Å². The number of rotatable bonds is 4. The lowest BCUT2D eigenvalue weighted by Gasteiger charge is -2.07. The molecule has 2 aromatic rings. The molecule has 0 saturated carbocycles. The fourth-order valence-electron chi connectivity index (χ4n) is 1.67. The first kappa shape index (κ1) is 12.3. The van der Waals surface area contributed by atoms with Gasteiger partial charge in [0.05, 0.1) is 7.11 Å². The van der Waals surface area contributed by atoms with Gasteiger partial charge in [0.15, 0.2) is 11.5 Å². The number of anilines is 1. The van der Waals surface area contributed by atoms with E-state index in [0.29, 0.717) is 12.3 Å². The van der Waals surface area contributed by atoms with Gasteiger partial charge in [-0.25, -0.2) is 0 Å². The van der Waals surface area contributed by atoms with Gasteiger partial charge in [-0.2, -0.15) is 5.10 Å². The van der Waals surface area contributed by atoms with Crippen molar-refractivity contribution >= 4 is 5.82 Å². The lowest BCUT2D eigenvalue weighted by atomic mass is 10.2. The third kappa shape index (κ3) is 2.56. The van der Waals surface area contributed by atoms with Crippen LogP contribution in [0.3, 0.4) is 0 Å². The van der Waals surface area contributed by atoms with E-state index in [0.717, 1.165) is 17.1 Å². The summed E-state index contributed by atoms with van der Waals surface area (Å²) >= 11 is 0. The first-order valence-corrected chi connectivity index (χ1v) is 5.70. The molecule has 0 fully saturated rings. The summed E-state index contributed by atoms with van der Waals surface area (Å²) in [5.41, 5.74) is 2.12. The molecule has 0 radical (unpaired) electrons. The molecule has 0 aliphatic heterocycles.